The van der Waals surface area contributed by atoms with Crippen LogP contribution in [0, 0.1) is 0 Å². The molecule has 0 N–H and O–H groups in total. The molecule has 1 aromatic rings. The van der Waals surface area contributed by atoms with Crippen LogP contribution in [0.5, 0.6) is 0 Å². The Morgan fingerprint density at radius 3 is 2.95 bits per heavy atom. The predicted octanol–water partition coefficient (Wildman–Crippen LogP) is 0.0539. The van der Waals surface area contributed by atoms with Gasteiger partial charge in [-0.25, -0.2) is 0 Å². The van der Waals surface area contributed by atoms with E-state index < -0.39 is 0 Å². The van der Waals surface area contributed by atoms with Crippen LogP contribution in [0.2, 0.25) is 0 Å². The number of likely N-dealkylation sites (N-methyl/N-ethyl adjacent to an activating group) is 1. The van der Waals surface area contributed by atoms with Crippen LogP contribution >= 0.6 is 0 Å². The molecule has 1 aliphatic rings. The van der Waals surface area contributed by atoms with Gasteiger partial charge in [0.15, 0.2) is 0 Å². The number of methoxy groups -OCH3 is 1. The van der Waals surface area contributed by atoms with Crippen molar-refractivity contribution in [3.63, 3.8) is 0 Å². The van der Waals surface area contributed by atoms with E-state index in [-0.39, 0.29) is 11.8 Å². The van der Waals surface area contributed by atoms with Gasteiger partial charge < -0.3 is 14.5 Å². The summed E-state index contributed by atoms with van der Waals surface area (Å²) in [4.78, 5) is 16.0. The molecule has 0 spiro atoms. The van der Waals surface area contributed by atoms with Crippen molar-refractivity contribution in [2.75, 3.05) is 40.9 Å². The Hall–Kier alpha value is -1.40. The molecule has 0 unspecified atom stereocenters. The second kappa shape index (κ2) is 5.71. The summed E-state index contributed by atoms with van der Waals surface area (Å²) in [6.07, 6.45) is 1.85. The SMILES string of the molecule is COC[C@@H]1CN(C(=O)CN(C)C)Cc2cnn(C)c21. The minimum atomic E-state index is 0.153. The van der Waals surface area contributed by atoms with Gasteiger partial charge in [-0.05, 0) is 14.1 Å². The van der Waals surface area contributed by atoms with E-state index in [9.17, 15) is 4.79 Å². The molecule has 1 aliphatic heterocycles. The highest BCUT2D eigenvalue weighted by atomic mass is 16.5. The molecule has 106 valence electrons. The lowest BCUT2D eigenvalue weighted by Crippen LogP contribution is -2.43. The molecule has 0 saturated carbocycles. The Morgan fingerprint density at radius 1 is 1.58 bits per heavy atom. The third-order valence-corrected chi connectivity index (χ3v) is 3.43. The summed E-state index contributed by atoms with van der Waals surface area (Å²) in [5, 5.41) is 4.30. The number of nitrogens with zero attached hydrogens (tertiary/aromatic N) is 4. The van der Waals surface area contributed by atoms with E-state index in [4.69, 9.17) is 4.74 Å². The number of carbonyl (C=O) groups is 1. The van der Waals surface area contributed by atoms with Gasteiger partial charge in [0, 0.05) is 38.7 Å². The zero-order valence-corrected chi connectivity index (χ0v) is 12.1. The Bertz CT molecular complexity index is 455. The average Bonchev–Trinajstić information content (AvgIpc) is 2.71. The molecule has 19 heavy (non-hydrogen) atoms. The van der Waals surface area contributed by atoms with Gasteiger partial charge in [-0.2, -0.15) is 5.10 Å². The molecule has 2 rings (SSSR count). The molecular weight excluding hydrogens is 244 g/mol. The van der Waals surface area contributed by atoms with Gasteiger partial charge in [0.2, 0.25) is 5.91 Å². The number of aryl methyl sites for hydroxylation is 1. The third kappa shape index (κ3) is 2.96. The Labute approximate surface area is 113 Å². The molecule has 6 nitrogen and oxygen atoms in total. The first-order valence-corrected chi connectivity index (χ1v) is 6.45. The zero-order chi connectivity index (χ0) is 14.0. The number of amides is 1. The molecule has 0 fully saturated rings. The second-order valence-corrected chi connectivity index (χ2v) is 5.34. The number of rotatable bonds is 4. The van der Waals surface area contributed by atoms with E-state index in [1.165, 1.54) is 5.69 Å². The van der Waals surface area contributed by atoms with Crippen molar-refractivity contribution >= 4 is 5.91 Å². The molecule has 0 saturated heterocycles. The van der Waals surface area contributed by atoms with Gasteiger partial charge >= 0.3 is 0 Å². The Balaban J connectivity index is 2.18. The van der Waals surface area contributed by atoms with Crippen LogP contribution in [-0.2, 0) is 23.1 Å². The number of fused-ring (bicyclic) bond motifs is 1. The molecule has 1 amide bonds. The number of hydrogen-bond donors (Lipinski definition) is 0. The van der Waals surface area contributed by atoms with Crippen LogP contribution in [0.15, 0.2) is 6.20 Å². The maximum atomic E-state index is 12.2. The lowest BCUT2D eigenvalue weighted by Gasteiger charge is -2.33. The highest BCUT2D eigenvalue weighted by molar-refractivity contribution is 5.78. The minimum absolute atomic E-state index is 0.153. The zero-order valence-electron chi connectivity index (χ0n) is 12.1. The number of aromatic nitrogens is 2. The summed E-state index contributed by atoms with van der Waals surface area (Å²) >= 11 is 0. The van der Waals surface area contributed by atoms with Gasteiger partial charge in [-0.3, -0.25) is 9.48 Å². The van der Waals surface area contributed by atoms with Gasteiger partial charge in [-0.1, -0.05) is 0 Å². The van der Waals surface area contributed by atoms with Crippen LogP contribution in [-0.4, -0.2) is 66.4 Å². The van der Waals surface area contributed by atoms with Crippen LogP contribution in [0.25, 0.3) is 0 Å². The number of hydrogen-bond acceptors (Lipinski definition) is 4. The first-order valence-electron chi connectivity index (χ1n) is 6.45. The quantitative estimate of drug-likeness (QED) is 0.773. The van der Waals surface area contributed by atoms with Crippen LogP contribution in [0.3, 0.4) is 0 Å². The first-order chi connectivity index (χ1) is 9.02. The normalized spacial score (nSPS) is 18.8. The largest absolute Gasteiger partial charge is 0.384 e. The van der Waals surface area contributed by atoms with E-state index in [1.54, 1.807) is 7.11 Å². The lowest BCUT2D eigenvalue weighted by atomic mass is 9.97. The number of ether oxygens (including phenoxy) is 1. The molecule has 0 aromatic carbocycles. The Morgan fingerprint density at radius 2 is 2.32 bits per heavy atom. The average molecular weight is 266 g/mol. The molecule has 2 heterocycles. The maximum absolute atomic E-state index is 12.2. The van der Waals surface area contributed by atoms with Crippen molar-refractivity contribution in [1.82, 2.24) is 19.6 Å². The van der Waals surface area contributed by atoms with Crippen molar-refractivity contribution in [1.29, 1.82) is 0 Å². The van der Waals surface area contributed by atoms with Crippen LogP contribution < -0.4 is 0 Å². The van der Waals surface area contributed by atoms with Gasteiger partial charge in [0.05, 0.1) is 25.0 Å². The van der Waals surface area contributed by atoms with Gasteiger partial charge in [0.1, 0.15) is 0 Å². The third-order valence-electron chi connectivity index (χ3n) is 3.43. The van der Waals surface area contributed by atoms with Crippen molar-refractivity contribution in [3.8, 4) is 0 Å². The maximum Gasteiger partial charge on any atom is 0.237 e. The predicted molar refractivity (Wildman–Crippen MR) is 71.8 cm³/mol. The van der Waals surface area contributed by atoms with Crippen molar-refractivity contribution < 1.29 is 9.53 Å². The highest BCUT2D eigenvalue weighted by Crippen LogP contribution is 2.28. The van der Waals surface area contributed by atoms with Gasteiger partial charge in [0.25, 0.3) is 0 Å². The molecule has 0 radical (unpaired) electrons. The number of carbonyl (C=O) groups excluding carboxylic acids is 1. The van der Waals surface area contributed by atoms with Crippen molar-refractivity contribution in [2.24, 2.45) is 7.05 Å². The molecule has 0 bridgehead atoms. The molecule has 1 atom stereocenters. The Kier molecular flexibility index (Phi) is 4.21. The molecule has 6 heteroatoms. The van der Waals surface area contributed by atoms with Crippen molar-refractivity contribution in [3.05, 3.63) is 17.5 Å². The summed E-state index contributed by atoms with van der Waals surface area (Å²) in [5.41, 5.74) is 2.32. The van der Waals surface area contributed by atoms with E-state index in [2.05, 4.69) is 5.10 Å². The lowest BCUT2D eigenvalue weighted by molar-refractivity contribution is -0.133. The van der Waals surface area contributed by atoms with E-state index in [1.807, 2.05) is 41.8 Å². The van der Waals surface area contributed by atoms with E-state index in [0.717, 1.165) is 5.56 Å². The first kappa shape index (κ1) is 14.0. The summed E-state index contributed by atoms with van der Waals surface area (Å²) < 4.78 is 7.18. The smallest absolute Gasteiger partial charge is 0.237 e. The topological polar surface area (TPSA) is 50.6 Å². The standard InChI is InChI=1S/C13H22N4O2/c1-15(2)8-12(18)17-6-10-5-14-16(3)13(10)11(7-17)9-19-4/h5,11H,6-9H2,1-4H3/t11-/m0/s1. The van der Waals surface area contributed by atoms with Crippen LogP contribution in [0.1, 0.15) is 17.2 Å². The van der Waals surface area contributed by atoms with E-state index in [0.29, 0.717) is 26.2 Å². The summed E-state index contributed by atoms with van der Waals surface area (Å²) in [5.74, 6) is 0.355. The monoisotopic (exact) mass is 266 g/mol. The molecule has 0 aliphatic carbocycles. The molecular formula is C13H22N4O2. The summed E-state index contributed by atoms with van der Waals surface area (Å²) in [6, 6.07) is 0. The summed E-state index contributed by atoms with van der Waals surface area (Å²) in [7, 11) is 7.45. The van der Waals surface area contributed by atoms with E-state index >= 15 is 0 Å². The molecule has 1 aromatic heterocycles. The minimum Gasteiger partial charge on any atom is -0.384 e. The summed E-state index contributed by atoms with van der Waals surface area (Å²) in [6.45, 7) is 2.40. The highest BCUT2D eigenvalue weighted by Gasteiger charge is 2.30. The van der Waals surface area contributed by atoms with Crippen molar-refractivity contribution in [2.45, 2.75) is 12.5 Å². The van der Waals surface area contributed by atoms with Gasteiger partial charge in [-0.15, -0.1) is 0 Å². The second-order valence-electron chi connectivity index (χ2n) is 5.34. The fourth-order valence-corrected chi connectivity index (χ4v) is 2.66. The fraction of sp³-hybridized carbons (Fsp3) is 0.692. The fourth-order valence-electron chi connectivity index (χ4n) is 2.66. The van der Waals surface area contributed by atoms with Crippen LogP contribution in [0.4, 0.5) is 0 Å².